The molecule has 1 aliphatic heterocycles. The number of allylic oxidation sites excluding steroid dienone is 1. The summed E-state index contributed by atoms with van der Waals surface area (Å²) in [4.78, 5) is 9.27. The first-order valence-corrected chi connectivity index (χ1v) is 7.73. The van der Waals surface area contributed by atoms with Crippen LogP contribution in [0.5, 0.6) is 0 Å². The van der Waals surface area contributed by atoms with E-state index in [4.69, 9.17) is 4.99 Å². The lowest BCUT2D eigenvalue weighted by Crippen LogP contribution is -1.96. The van der Waals surface area contributed by atoms with Crippen LogP contribution in [-0.2, 0) is 0 Å². The molecule has 0 saturated heterocycles. The SMILES string of the molecule is C1=CC(c2ccccc2)N=C1c1cccc(-c2ccccn2)c1. The maximum Gasteiger partial charge on any atom is 0.0941 e. The van der Waals surface area contributed by atoms with Gasteiger partial charge in [-0.05, 0) is 29.8 Å². The van der Waals surface area contributed by atoms with Crippen molar-refractivity contribution in [2.45, 2.75) is 6.04 Å². The van der Waals surface area contributed by atoms with Crippen LogP contribution in [0.2, 0.25) is 0 Å². The highest BCUT2D eigenvalue weighted by molar-refractivity contribution is 6.10. The highest BCUT2D eigenvalue weighted by Crippen LogP contribution is 2.26. The summed E-state index contributed by atoms with van der Waals surface area (Å²) in [6.45, 7) is 0. The molecule has 2 heteroatoms. The van der Waals surface area contributed by atoms with Gasteiger partial charge in [-0.15, -0.1) is 0 Å². The third-order valence-electron chi connectivity index (χ3n) is 3.97. The van der Waals surface area contributed by atoms with E-state index in [9.17, 15) is 0 Å². The van der Waals surface area contributed by atoms with Crippen molar-refractivity contribution in [1.29, 1.82) is 0 Å². The summed E-state index contributed by atoms with van der Waals surface area (Å²) < 4.78 is 0. The lowest BCUT2D eigenvalue weighted by Gasteiger charge is -2.06. The maximum absolute atomic E-state index is 4.85. The number of pyridine rings is 1. The quantitative estimate of drug-likeness (QED) is 0.678. The van der Waals surface area contributed by atoms with E-state index >= 15 is 0 Å². The lowest BCUT2D eigenvalue weighted by molar-refractivity contribution is 0.932. The Labute approximate surface area is 135 Å². The van der Waals surface area contributed by atoms with Crippen LogP contribution < -0.4 is 0 Å². The minimum atomic E-state index is 0.115. The van der Waals surface area contributed by atoms with Gasteiger partial charge in [0.1, 0.15) is 0 Å². The molecule has 2 aromatic carbocycles. The second-order valence-corrected chi connectivity index (χ2v) is 5.52. The van der Waals surface area contributed by atoms with E-state index in [2.05, 4.69) is 65.7 Å². The Morgan fingerprint density at radius 1 is 0.739 bits per heavy atom. The van der Waals surface area contributed by atoms with Gasteiger partial charge in [0, 0.05) is 17.3 Å². The molecule has 3 aromatic rings. The third kappa shape index (κ3) is 2.84. The molecule has 0 N–H and O–H groups in total. The van der Waals surface area contributed by atoms with E-state index in [1.54, 1.807) is 0 Å². The fraction of sp³-hybridized carbons (Fsp3) is 0.0476. The average molecular weight is 296 g/mol. The molecule has 1 aromatic heterocycles. The molecule has 1 unspecified atom stereocenters. The van der Waals surface area contributed by atoms with Crippen LogP contribution in [0.25, 0.3) is 11.3 Å². The Morgan fingerprint density at radius 3 is 2.39 bits per heavy atom. The van der Waals surface area contributed by atoms with Gasteiger partial charge in [0.25, 0.3) is 0 Å². The molecule has 2 nitrogen and oxygen atoms in total. The van der Waals surface area contributed by atoms with Gasteiger partial charge in [0.05, 0.1) is 17.4 Å². The summed E-state index contributed by atoms with van der Waals surface area (Å²) in [5, 5.41) is 0. The van der Waals surface area contributed by atoms with Crippen molar-refractivity contribution in [3.05, 3.63) is 102 Å². The predicted molar refractivity (Wildman–Crippen MR) is 94.5 cm³/mol. The molecule has 0 amide bonds. The Hall–Kier alpha value is -3.00. The van der Waals surface area contributed by atoms with Crippen molar-refractivity contribution in [2.75, 3.05) is 0 Å². The molecular formula is C21H16N2. The Kier molecular flexibility index (Phi) is 3.57. The zero-order chi connectivity index (χ0) is 15.5. The number of hydrogen-bond donors (Lipinski definition) is 0. The minimum Gasteiger partial charge on any atom is -0.272 e. The van der Waals surface area contributed by atoms with E-state index in [-0.39, 0.29) is 6.04 Å². The highest BCUT2D eigenvalue weighted by atomic mass is 14.8. The smallest absolute Gasteiger partial charge is 0.0941 e. The third-order valence-corrected chi connectivity index (χ3v) is 3.97. The van der Waals surface area contributed by atoms with Crippen LogP contribution in [0.3, 0.4) is 0 Å². The largest absolute Gasteiger partial charge is 0.272 e. The molecule has 2 heterocycles. The maximum atomic E-state index is 4.85. The van der Waals surface area contributed by atoms with Crippen molar-refractivity contribution < 1.29 is 0 Å². The zero-order valence-electron chi connectivity index (χ0n) is 12.6. The molecule has 0 fully saturated rings. The summed E-state index contributed by atoms with van der Waals surface area (Å²) in [6.07, 6.45) is 6.08. The van der Waals surface area contributed by atoms with Crippen molar-refractivity contribution in [3.8, 4) is 11.3 Å². The second-order valence-electron chi connectivity index (χ2n) is 5.52. The van der Waals surface area contributed by atoms with Crippen molar-refractivity contribution in [3.63, 3.8) is 0 Å². The average Bonchev–Trinajstić information content (AvgIpc) is 3.14. The van der Waals surface area contributed by atoms with Crippen LogP contribution in [0.15, 0.2) is 96.1 Å². The van der Waals surface area contributed by atoms with Crippen molar-refractivity contribution in [1.82, 2.24) is 4.98 Å². The van der Waals surface area contributed by atoms with Crippen molar-refractivity contribution >= 4 is 5.71 Å². The van der Waals surface area contributed by atoms with Crippen molar-refractivity contribution in [2.24, 2.45) is 4.99 Å². The van der Waals surface area contributed by atoms with E-state index in [0.717, 1.165) is 22.5 Å². The van der Waals surface area contributed by atoms with Gasteiger partial charge in [0.2, 0.25) is 0 Å². The first-order valence-electron chi connectivity index (χ1n) is 7.73. The van der Waals surface area contributed by atoms with Gasteiger partial charge in [-0.25, -0.2) is 0 Å². The number of nitrogens with zero attached hydrogens (tertiary/aromatic N) is 2. The molecule has 0 bridgehead atoms. The Balaban J connectivity index is 1.66. The van der Waals surface area contributed by atoms with Crippen LogP contribution in [0, 0.1) is 0 Å². The molecule has 23 heavy (non-hydrogen) atoms. The number of rotatable bonds is 3. The van der Waals surface area contributed by atoms with Gasteiger partial charge >= 0.3 is 0 Å². The molecular weight excluding hydrogens is 280 g/mol. The van der Waals surface area contributed by atoms with Crippen LogP contribution in [0.4, 0.5) is 0 Å². The topological polar surface area (TPSA) is 25.2 Å². The molecule has 0 spiro atoms. The van der Waals surface area contributed by atoms with Gasteiger partial charge in [-0.3, -0.25) is 9.98 Å². The fourth-order valence-electron chi connectivity index (χ4n) is 2.80. The highest BCUT2D eigenvalue weighted by Gasteiger charge is 2.14. The first-order chi connectivity index (χ1) is 11.4. The summed E-state index contributed by atoms with van der Waals surface area (Å²) >= 11 is 0. The number of aliphatic imine (C=N–C) groups is 1. The number of benzene rings is 2. The molecule has 0 saturated carbocycles. The first kappa shape index (κ1) is 13.6. The zero-order valence-corrected chi connectivity index (χ0v) is 12.6. The molecule has 1 atom stereocenters. The molecule has 4 rings (SSSR count). The summed E-state index contributed by atoms with van der Waals surface area (Å²) in [6, 6.07) is 24.8. The van der Waals surface area contributed by atoms with E-state index in [1.165, 1.54) is 5.56 Å². The molecule has 110 valence electrons. The standard InChI is InChI=1S/C21H16N2/c1-2-7-16(8-3-1)20-12-13-21(23-20)18-10-6-9-17(15-18)19-11-4-5-14-22-19/h1-15,20H. The van der Waals surface area contributed by atoms with Gasteiger partial charge < -0.3 is 0 Å². The summed E-state index contributed by atoms with van der Waals surface area (Å²) in [5.74, 6) is 0. The fourth-order valence-corrected chi connectivity index (χ4v) is 2.80. The normalized spacial score (nSPS) is 16.3. The number of aromatic nitrogens is 1. The van der Waals surface area contributed by atoms with E-state index < -0.39 is 0 Å². The molecule has 1 aliphatic rings. The number of hydrogen-bond acceptors (Lipinski definition) is 2. The van der Waals surface area contributed by atoms with Crippen LogP contribution >= 0.6 is 0 Å². The Morgan fingerprint density at radius 2 is 1.57 bits per heavy atom. The summed E-state index contributed by atoms with van der Waals surface area (Å²) in [5.41, 5.74) is 5.47. The Bertz CT molecular complexity index is 865. The molecule has 0 aliphatic carbocycles. The second kappa shape index (κ2) is 6.01. The van der Waals surface area contributed by atoms with Gasteiger partial charge in [-0.2, -0.15) is 0 Å². The lowest BCUT2D eigenvalue weighted by atomic mass is 10.0. The van der Waals surface area contributed by atoms with Gasteiger partial charge in [-0.1, -0.05) is 60.7 Å². The van der Waals surface area contributed by atoms with E-state index in [0.29, 0.717) is 0 Å². The van der Waals surface area contributed by atoms with E-state index in [1.807, 2.05) is 30.5 Å². The summed E-state index contributed by atoms with van der Waals surface area (Å²) in [7, 11) is 0. The van der Waals surface area contributed by atoms with Crippen LogP contribution in [-0.4, -0.2) is 10.7 Å². The van der Waals surface area contributed by atoms with Crippen LogP contribution in [0.1, 0.15) is 17.2 Å². The monoisotopic (exact) mass is 296 g/mol. The minimum absolute atomic E-state index is 0.115. The predicted octanol–water partition coefficient (Wildman–Crippen LogP) is 4.85. The molecule has 0 radical (unpaired) electrons. The van der Waals surface area contributed by atoms with Gasteiger partial charge in [0.15, 0.2) is 0 Å².